The Hall–Kier alpha value is -1.56. The molecule has 10 heavy (non-hydrogen) atoms. The van der Waals surface area contributed by atoms with Gasteiger partial charge in [0.15, 0.2) is 5.69 Å². The summed E-state index contributed by atoms with van der Waals surface area (Å²) in [7, 11) is 0. The average molecular weight is 139 g/mol. The third-order valence-corrected chi connectivity index (χ3v) is 0.859. The number of nitrogens with two attached hydrogens (primary N) is 1. The van der Waals surface area contributed by atoms with Crippen LogP contribution in [0.2, 0.25) is 0 Å². The lowest BCUT2D eigenvalue weighted by molar-refractivity contribution is 0.0948. The summed E-state index contributed by atoms with van der Waals surface area (Å²) < 4.78 is 0. The van der Waals surface area contributed by atoms with Crippen LogP contribution in [0.25, 0.3) is 0 Å². The quantitative estimate of drug-likeness (QED) is 0.280. The van der Waals surface area contributed by atoms with Crippen LogP contribution in [0.4, 0.5) is 0 Å². The molecular formula is C4H5N5O. The van der Waals surface area contributed by atoms with Gasteiger partial charge in [-0.3, -0.25) is 10.2 Å². The van der Waals surface area contributed by atoms with E-state index < -0.39 is 5.91 Å². The third-order valence-electron chi connectivity index (χ3n) is 0.859. The van der Waals surface area contributed by atoms with Gasteiger partial charge < -0.3 is 0 Å². The number of amides is 1. The van der Waals surface area contributed by atoms with E-state index in [-0.39, 0.29) is 5.69 Å². The van der Waals surface area contributed by atoms with Gasteiger partial charge >= 0.3 is 0 Å². The fraction of sp³-hybridized carbons (Fsp3) is 0. The lowest BCUT2D eigenvalue weighted by Crippen LogP contribution is -2.30. The molecule has 1 aromatic heterocycles. The molecule has 0 fully saturated rings. The Balaban J connectivity index is 2.85. The second-order valence-electron chi connectivity index (χ2n) is 1.46. The summed E-state index contributed by atoms with van der Waals surface area (Å²) in [5.41, 5.74) is 2.06. The molecular weight excluding hydrogens is 134 g/mol. The maximum absolute atomic E-state index is 10.6. The smallest absolute Gasteiger partial charge is 0.285 e. The molecule has 52 valence electrons. The Bertz CT molecular complexity index is 222. The van der Waals surface area contributed by atoms with Crippen LogP contribution in [-0.2, 0) is 0 Å². The molecule has 0 aliphatic rings. The van der Waals surface area contributed by atoms with Crippen molar-refractivity contribution in [1.29, 1.82) is 0 Å². The molecule has 0 bridgehead atoms. The molecule has 0 saturated heterocycles. The van der Waals surface area contributed by atoms with Gasteiger partial charge in [0.05, 0.1) is 6.20 Å². The molecule has 6 heteroatoms. The van der Waals surface area contributed by atoms with Crippen molar-refractivity contribution in [3.8, 4) is 0 Å². The second-order valence-corrected chi connectivity index (χ2v) is 1.46. The number of hydrogen-bond acceptors (Lipinski definition) is 5. The van der Waals surface area contributed by atoms with Gasteiger partial charge in [0.25, 0.3) is 5.91 Å². The number of rotatable bonds is 1. The minimum atomic E-state index is -0.477. The molecule has 0 atom stereocenters. The van der Waals surface area contributed by atoms with Crippen LogP contribution < -0.4 is 11.3 Å². The number of nitrogen functional groups attached to an aromatic ring is 1. The number of carbonyl (C=O) groups is 1. The monoisotopic (exact) mass is 139 g/mol. The summed E-state index contributed by atoms with van der Waals surface area (Å²) >= 11 is 0. The Morgan fingerprint density at radius 2 is 2.40 bits per heavy atom. The first-order valence-electron chi connectivity index (χ1n) is 2.48. The molecule has 6 nitrogen and oxygen atoms in total. The van der Waals surface area contributed by atoms with Crippen molar-refractivity contribution in [3.63, 3.8) is 0 Å². The summed E-state index contributed by atoms with van der Waals surface area (Å²) in [4.78, 5) is 14.2. The molecule has 0 saturated carbocycles. The minimum Gasteiger partial charge on any atom is -0.289 e. The second kappa shape index (κ2) is 2.83. The van der Waals surface area contributed by atoms with E-state index in [2.05, 4.69) is 15.2 Å². The average Bonchev–Trinajstić information content (AvgIpc) is 2.05. The first kappa shape index (κ1) is 6.56. The highest BCUT2D eigenvalue weighted by Crippen LogP contribution is 1.84. The molecule has 0 radical (unpaired) electrons. The van der Waals surface area contributed by atoms with E-state index in [0.29, 0.717) is 0 Å². The van der Waals surface area contributed by atoms with Crippen LogP contribution in [-0.4, -0.2) is 21.1 Å². The molecule has 0 unspecified atom stereocenters. The zero-order chi connectivity index (χ0) is 7.40. The van der Waals surface area contributed by atoms with E-state index in [0.717, 1.165) is 0 Å². The van der Waals surface area contributed by atoms with Crippen LogP contribution in [0.1, 0.15) is 10.5 Å². The number of nitrogens with one attached hydrogen (secondary N) is 1. The van der Waals surface area contributed by atoms with Crippen molar-refractivity contribution < 1.29 is 4.79 Å². The van der Waals surface area contributed by atoms with Gasteiger partial charge in [-0.15, -0.1) is 5.10 Å². The predicted octanol–water partition coefficient (Wildman–Crippen LogP) is -1.52. The fourth-order valence-corrected chi connectivity index (χ4v) is 0.430. The van der Waals surface area contributed by atoms with Crippen LogP contribution in [0.5, 0.6) is 0 Å². The number of hydrazine groups is 1. The van der Waals surface area contributed by atoms with Crippen molar-refractivity contribution in [2.45, 2.75) is 0 Å². The maximum Gasteiger partial charge on any atom is 0.285 e. The molecule has 1 heterocycles. The Kier molecular flexibility index (Phi) is 1.86. The van der Waals surface area contributed by atoms with E-state index in [1.165, 1.54) is 12.5 Å². The molecule has 1 amide bonds. The highest BCUT2D eigenvalue weighted by molar-refractivity contribution is 5.91. The van der Waals surface area contributed by atoms with Crippen molar-refractivity contribution in [1.82, 2.24) is 20.6 Å². The highest BCUT2D eigenvalue weighted by Gasteiger charge is 2.02. The number of hydrogen-bond donors (Lipinski definition) is 2. The predicted molar refractivity (Wildman–Crippen MR) is 31.5 cm³/mol. The van der Waals surface area contributed by atoms with Crippen LogP contribution in [0.15, 0.2) is 12.5 Å². The Labute approximate surface area is 56.4 Å². The highest BCUT2D eigenvalue weighted by atomic mass is 16.2. The largest absolute Gasteiger partial charge is 0.289 e. The van der Waals surface area contributed by atoms with Crippen LogP contribution >= 0.6 is 0 Å². The first-order chi connectivity index (χ1) is 4.84. The molecule has 0 spiro atoms. The lowest BCUT2D eigenvalue weighted by atomic mass is 10.4. The number of aromatic nitrogens is 3. The van der Waals surface area contributed by atoms with Crippen molar-refractivity contribution in [3.05, 3.63) is 18.2 Å². The normalized spacial score (nSPS) is 8.90. The van der Waals surface area contributed by atoms with Gasteiger partial charge in [-0.1, -0.05) is 0 Å². The van der Waals surface area contributed by atoms with E-state index >= 15 is 0 Å². The van der Waals surface area contributed by atoms with Gasteiger partial charge in [-0.25, -0.2) is 10.8 Å². The fourth-order valence-electron chi connectivity index (χ4n) is 0.430. The van der Waals surface area contributed by atoms with Crippen molar-refractivity contribution >= 4 is 5.91 Å². The summed E-state index contributed by atoms with van der Waals surface area (Å²) in [5, 5.41) is 6.80. The molecule has 3 N–H and O–H groups in total. The number of carbonyl (C=O) groups excluding carboxylic acids is 1. The van der Waals surface area contributed by atoms with E-state index in [1.807, 2.05) is 5.43 Å². The van der Waals surface area contributed by atoms with Gasteiger partial charge in [0, 0.05) is 0 Å². The van der Waals surface area contributed by atoms with Gasteiger partial charge in [-0.05, 0) is 0 Å². The maximum atomic E-state index is 10.6. The first-order valence-corrected chi connectivity index (χ1v) is 2.48. The van der Waals surface area contributed by atoms with E-state index in [1.54, 1.807) is 0 Å². The third kappa shape index (κ3) is 1.23. The molecule has 1 aromatic rings. The van der Waals surface area contributed by atoms with Crippen molar-refractivity contribution in [2.24, 2.45) is 5.84 Å². The topological polar surface area (TPSA) is 93.8 Å². The summed E-state index contributed by atoms with van der Waals surface area (Å²) in [6.45, 7) is 0. The van der Waals surface area contributed by atoms with Gasteiger partial charge in [0.2, 0.25) is 0 Å². The van der Waals surface area contributed by atoms with Crippen LogP contribution in [0, 0.1) is 0 Å². The Morgan fingerprint density at radius 1 is 1.60 bits per heavy atom. The zero-order valence-corrected chi connectivity index (χ0v) is 4.98. The minimum absolute atomic E-state index is 0.150. The summed E-state index contributed by atoms with van der Waals surface area (Å²) in [6.07, 6.45) is 2.40. The standard InChI is InChI=1S/C4H5N5O/c5-9-4(10)3-1-7-8-2-6-3/h1-2H,5H2,(H,9,10). The van der Waals surface area contributed by atoms with Crippen molar-refractivity contribution in [2.75, 3.05) is 0 Å². The van der Waals surface area contributed by atoms with Gasteiger partial charge in [-0.2, -0.15) is 5.10 Å². The Morgan fingerprint density at radius 3 is 2.90 bits per heavy atom. The molecule has 0 aliphatic heterocycles. The molecule has 0 aromatic carbocycles. The summed E-state index contributed by atoms with van der Waals surface area (Å²) in [5.74, 6) is 4.34. The molecule has 0 aliphatic carbocycles. The van der Waals surface area contributed by atoms with E-state index in [9.17, 15) is 4.79 Å². The zero-order valence-electron chi connectivity index (χ0n) is 4.98. The van der Waals surface area contributed by atoms with Crippen LogP contribution in [0.3, 0.4) is 0 Å². The number of nitrogens with zero attached hydrogens (tertiary/aromatic N) is 3. The summed E-state index contributed by atoms with van der Waals surface area (Å²) in [6, 6.07) is 0. The van der Waals surface area contributed by atoms with Gasteiger partial charge in [0.1, 0.15) is 6.33 Å². The van der Waals surface area contributed by atoms with E-state index in [4.69, 9.17) is 5.84 Å². The lowest BCUT2D eigenvalue weighted by Gasteiger charge is -1.93. The molecule has 1 rings (SSSR count). The SMILES string of the molecule is NNC(=O)c1cnncn1.